The lowest BCUT2D eigenvalue weighted by Gasteiger charge is -2.21. The maximum Gasteiger partial charge on any atom is 0.393 e. The number of oxazole rings is 1. The van der Waals surface area contributed by atoms with Crippen molar-refractivity contribution in [2.75, 3.05) is 13.7 Å². The van der Waals surface area contributed by atoms with E-state index in [-0.39, 0.29) is 29.8 Å². The zero-order valence-corrected chi connectivity index (χ0v) is 18.5. The number of methoxy groups -OCH3 is 1. The fourth-order valence-corrected chi connectivity index (χ4v) is 3.46. The van der Waals surface area contributed by atoms with Crippen molar-refractivity contribution in [2.24, 2.45) is 5.92 Å². The fourth-order valence-electron chi connectivity index (χ4n) is 3.46. The molecule has 2 unspecified atom stereocenters. The molecule has 0 aliphatic carbocycles. The van der Waals surface area contributed by atoms with Gasteiger partial charge in [0.15, 0.2) is 0 Å². The number of benzene rings is 2. The number of hydrogen-bond acceptors (Lipinski definition) is 6. The number of carbonyl (C=O) groups excluding carboxylic acids is 2. The maximum atomic E-state index is 12.7. The van der Waals surface area contributed by atoms with Gasteiger partial charge in [0.05, 0.1) is 25.8 Å². The third kappa shape index (κ3) is 6.20. The molecule has 0 aliphatic heterocycles. The van der Waals surface area contributed by atoms with Gasteiger partial charge in [0.25, 0.3) is 5.91 Å². The zero-order valence-electron chi connectivity index (χ0n) is 18.5. The second-order valence-electron chi connectivity index (χ2n) is 7.52. The Morgan fingerprint density at radius 3 is 2.38 bits per heavy atom. The number of carbonyl (C=O) groups is 2. The lowest BCUT2D eigenvalue weighted by atomic mass is 9.95. The second-order valence-corrected chi connectivity index (χ2v) is 7.52. The topological polar surface area (TPSA) is 90.7 Å². The fraction of sp³-hybridized carbons (Fsp3) is 0.320. The first-order valence-electron chi connectivity index (χ1n) is 10.6. The third-order valence-corrected chi connectivity index (χ3v) is 5.09. The van der Waals surface area contributed by atoms with Gasteiger partial charge in [0.2, 0.25) is 5.76 Å². The molecule has 3 aromatic rings. The Morgan fingerprint density at radius 1 is 1.06 bits per heavy atom. The van der Waals surface area contributed by atoms with Gasteiger partial charge >= 0.3 is 12.0 Å². The number of nitrogens with one attached hydrogen (secondary N) is 1. The van der Waals surface area contributed by atoms with Crippen LogP contribution in [-0.4, -0.2) is 36.6 Å². The van der Waals surface area contributed by atoms with E-state index in [1.807, 2.05) is 30.3 Å². The highest BCUT2D eigenvalue weighted by Gasteiger charge is 2.24. The molecule has 1 N–H and O–H groups in total. The molecule has 3 rings (SSSR count). The van der Waals surface area contributed by atoms with Crippen molar-refractivity contribution in [1.82, 2.24) is 10.3 Å². The minimum atomic E-state index is -0.414. The molecule has 0 saturated carbocycles. The lowest BCUT2D eigenvalue weighted by Crippen LogP contribution is -2.38. The summed E-state index contributed by atoms with van der Waals surface area (Å²) in [7, 11) is 1.41. The molecule has 0 bridgehead atoms. The molecule has 0 spiro atoms. The summed E-state index contributed by atoms with van der Waals surface area (Å²) in [4.78, 5) is 28.7. The molecule has 1 aromatic heterocycles. The van der Waals surface area contributed by atoms with Gasteiger partial charge in [-0.3, -0.25) is 9.59 Å². The smallest absolute Gasteiger partial charge is 0.393 e. The normalized spacial score (nSPS) is 12.6. The third-order valence-electron chi connectivity index (χ3n) is 5.09. The van der Waals surface area contributed by atoms with Crippen LogP contribution in [-0.2, 0) is 16.0 Å². The largest absolute Gasteiger partial charge is 0.466 e. The van der Waals surface area contributed by atoms with Crippen LogP contribution in [0.3, 0.4) is 0 Å². The Bertz CT molecular complexity index is 1010. The van der Waals surface area contributed by atoms with Crippen LogP contribution in [0, 0.1) is 5.92 Å². The van der Waals surface area contributed by atoms with Crippen molar-refractivity contribution >= 4 is 11.9 Å². The number of esters is 1. The molecule has 0 aliphatic rings. The summed E-state index contributed by atoms with van der Waals surface area (Å²) in [6, 6.07) is 18.0. The van der Waals surface area contributed by atoms with Gasteiger partial charge in [-0.1, -0.05) is 61.5 Å². The summed E-state index contributed by atoms with van der Waals surface area (Å²) >= 11 is 0. The van der Waals surface area contributed by atoms with Gasteiger partial charge in [-0.15, -0.1) is 0 Å². The molecule has 1 amide bonds. The summed E-state index contributed by atoms with van der Waals surface area (Å²) in [5, 5.41) is 2.96. The van der Waals surface area contributed by atoms with E-state index in [0.717, 1.165) is 16.7 Å². The van der Waals surface area contributed by atoms with Crippen molar-refractivity contribution in [3.8, 4) is 17.2 Å². The Morgan fingerprint density at radius 2 is 1.75 bits per heavy atom. The van der Waals surface area contributed by atoms with Gasteiger partial charge in [0, 0.05) is 6.04 Å². The molecule has 2 atom stereocenters. The Balaban J connectivity index is 1.73. The first-order valence-corrected chi connectivity index (χ1v) is 10.6. The van der Waals surface area contributed by atoms with Crippen molar-refractivity contribution in [2.45, 2.75) is 32.7 Å². The average Bonchev–Trinajstić information content (AvgIpc) is 3.30. The van der Waals surface area contributed by atoms with Crippen LogP contribution in [0.5, 0.6) is 6.08 Å². The van der Waals surface area contributed by atoms with Crippen molar-refractivity contribution in [1.29, 1.82) is 0 Å². The zero-order chi connectivity index (χ0) is 22.9. The van der Waals surface area contributed by atoms with Gasteiger partial charge in [-0.25, -0.2) is 0 Å². The van der Waals surface area contributed by atoms with Crippen LogP contribution in [0.25, 0.3) is 11.1 Å². The maximum absolute atomic E-state index is 12.7. The monoisotopic (exact) mass is 436 g/mol. The van der Waals surface area contributed by atoms with Crippen LogP contribution in [0.1, 0.15) is 36.4 Å². The minimum absolute atomic E-state index is 0.0168. The minimum Gasteiger partial charge on any atom is -0.466 e. The number of nitrogens with zero attached hydrogens (tertiary/aromatic N) is 1. The molecule has 7 nitrogen and oxygen atoms in total. The van der Waals surface area contributed by atoms with Crippen LogP contribution in [0.4, 0.5) is 0 Å². The number of aromatic nitrogens is 1. The van der Waals surface area contributed by atoms with Crippen molar-refractivity contribution in [3.05, 3.63) is 72.1 Å². The predicted octanol–water partition coefficient (Wildman–Crippen LogP) is 4.28. The quantitative estimate of drug-likeness (QED) is 0.477. The summed E-state index contributed by atoms with van der Waals surface area (Å²) < 4.78 is 15.3. The molecule has 7 heteroatoms. The molecule has 32 heavy (non-hydrogen) atoms. The Kier molecular flexibility index (Phi) is 8.02. The van der Waals surface area contributed by atoms with Gasteiger partial charge in [0.1, 0.15) is 0 Å². The number of hydrogen-bond donors (Lipinski definition) is 1. The van der Waals surface area contributed by atoms with E-state index in [9.17, 15) is 9.59 Å². The van der Waals surface area contributed by atoms with Crippen LogP contribution in [0.15, 0.2) is 65.2 Å². The highest BCUT2D eigenvalue weighted by molar-refractivity contribution is 5.91. The van der Waals surface area contributed by atoms with Crippen LogP contribution in [0.2, 0.25) is 0 Å². The molecule has 1 heterocycles. The van der Waals surface area contributed by atoms with Crippen molar-refractivity contribution in [3.63, 3.8) is 0 Å². The first-order chi connectivity index (χ1) is 15.5. The SMILES string of the molecule is CCOC(=O)C(C)CC(Cc1ccc(-c2ccccc2)cc1)NC(=O)c1cnc(OC)o1. The Hall–Kier alpha value is -3.61. The highest BCUT2D eigenvalue weighted by Crippen LogP contribution is 2.21. The molecular weight excluding hydrogens is 408 g/mol. The molecule has 0 fully saturated rings. The molecule has 2 aromatic carbocycles. The standard InChI is InChI=1S/C25H28N2O5/c1-4-31-24(29)17(2)14-21(27-23(28)22-16-26-25(30-3)32-22)15-18-10-12-20(13-11-18)19-8-6-5-7-9-19/h5-13,16-17,21H,4,14-15H2,1-3H3,(H,27,28). The molecule has 168 valence electrons. The van der Waals surface area contributed by atoms with E-state index in [2.05, 4.69) is 34.6 Å². The highest BCUT2D eigenvalue weighted by atomic mass is 16.6. The van der Waals surface area contributed by atoms with Crippen molar-refractivity contribution < 1.29 is 23.5 Å². The number of ether oxygens (including phenoxy) is 2. The number of rotatable bonds is 10. The lowest BCUT2D eigenvalue weighted by molar-refractivity contribution is -0.147. The summed E-state index contributed by atoms with van der Waals surface area (Å²) in [6.45, 7) is 3.89. The van der Waals surface area contributed by atoms with E-state index >= 15 is 0 Å². The predicted molar refractivity (Wildman–Crippen MR) is 120 cm³/mol. The van der Waals surface area contributed by atoms with E-state index < -0.39 is 5.91 Å². The summed E-state index contributed by atoms with van der Waals surface area (Å²) in [6.07, 6.45) is 2.31. The summed E-state index contributed by atoms with van der Waals surface area (Å²) in [5.74, 6) is -1.02. The first kappa shape index (κ1) is 23.1. The average molecular weight is 437 g/mol. The van der Waals surface area contributed by atoms with E-state index in [0.29, 0.717) is 19.4 Å². The van der Waals surface area contributed by atoms with E-state index in [4.69, 9.17) is 13.9 Å². The van der Waals surface area contributed by atoms with E-state index in [1.54, 1.807) is 13.8 Å². The Labute approximate surface area is 187 Å². The molecule has 0 radical (unpaired) electrons. The van der Waals surface area contributed by atoms with Crippen LogP contribution < -0.4 is 10.1 Å². The van der Waals surface area contributed by atoms with Gasteiger partial charge in [-0.2, -0.15) is 4.98 Å². The van der Waals surface area contributed by atoms with E-state index in [1.165, 1.54) is 13.3 Å². The van der Waals surface area contributed by atoms with Gasteiger partial charge in [-0.05, 0) is 36.5 Å². The van der Waals surface area contributed by atoms with Gasteiger partial charge < -0.3 is 19.2 Å². The summed E-state index contributed by atoms with van der Waals surface area (Å²) in [5.41, 5.74) is 3.30. The number of amides is 1. The molecule has 0 saturated heterocycles. The second kappa shape index (κ2) is 11.1. The molecular formula is C25H28N2O5. The van der Waals surface area contributed by atoms with Crippen LogP contribution >= 0.6 is 0 Å².